The molecule has 0 radical (unpaired) electrons. The lowest BCUT2D eigenvalue weighted by atomic mass is 10.0. The van der Waals surface area contributed by atoms with E-state index in [1.165, 1.54) is 25.3 Å². The van der Waals surface area contributed by atoms with Gasteiger partial charge in [0, 0.05) is 24.5 Å². The Morgan fingerprint density at radius 3 is 2.30 bits per heavy atom. The second kappa shape index (κ2) is 9.64. The molecule has 0 fully saturated rings. The Morgan fingerprint density at radius 1 is 1.00 bits per heavy atom. The van der Waals surface area contributed by atoms with Crippen LogP contribution in [-0.2, 0) is 24.2 Å². The lowest BCUT2D eigenvalue weighted by Gasteiger charge is -2.06. The minimum atomic E-state index is -0.262. The van der Waals surface area contributed by atoms with Crippen LogP contribution in [0.25, 0.3) is 0 Å². The molecule has 2 aromatic carbocycles. The number of hydrogen-bond donors (Lipinski definition) is 4. The molecule has 6 heteroatoms. The van der Waals surface area contributed by atoms with E-state index in [0.717, 1.165) is 11.1 Å². The quantitative estimate of drug-likeness (QED) is 0.398. The zero-order valence-corrected chi connectivity index (χ0v) is 15.2. The Bertz CT molecular complexity index is 825. The third kappa shape index (κ3) is 6.04. The Hall–Kier alpha value is -2.99. The largest absolute Gasteiger partial charge is 0.512 e. The summed E-state index contributed by atoms with van der Waals surface area (Å²) in [5, 5.41) is 38.2. The van der Waals surface area contributed by atoms with E-state index in [1.807, 2.05) is 0 Å². The maximum atomic E-state index is 12.0. The summed E-state index contributed by atoms with van der Waals surface area (Å²) in [6, 6.07) is 9.79. The number of carbonyl (C=O) groups excluding carboxylic acids is 1. The molecule has 27 heavy (non-hydrogen) atoms. The SMILES string of the molecule is COc1cc(CCC(=O)C=C(O)CCc2ccc(O)c(CO)c2)ccc1O. The van der Waals surface area contributed by atoms with E-state index in [-0.39, 0.29) is 42.5 Å². The Labute approximate surface area is 158 Å². The number of phenols is 2. The van der Waals surface area contributed by atoms with Crippen molar-refractivity contribution in [3.05, 3.63) is 64.9 Å². The maximum absolute atomic E-state index is 12.0. The zero-order valence-electron chi connectivity index (χ0n) is 15.2. The molecule has 0 atom stereocenters. The van der Waals surface area contributed by atoms with Crippen LogP contribution in [0.5, 0.6) is 17.2 Å². The third-order valence-electron chi connectivity index (χ3n) is 4.22. The topological polar surface area (TPSA) is 107 Å². The van der Waals surface area contributed by atoms with Gasteiger partial charge in [-0.2, -0.15) is 0 Å². The molecule has 0 spiro atoms. The van der Waals surface area contributed by atoms with E-state index < -0.39 is 0 Å². The number of methoxy groups -OCH3 is 1. The highest BCUT2D eigenvalue weighted by Gasteiger charge is 2.07. The van der Waals surface area contributed by atoms with Crippen molar-refractivity contribution in [3.8, 4) is 17.2 Å². The molecule has 2 rings (SSSR count). The van der Waals surface area contributed by atoms with Gasteiger partial charge in [0.2, 0.25) is 0 Å². The van der Waals surface area contributed by atoms with Crippen molar-refractivity contribution in [2.45, 2.75) is 32.3 Å². The van der Waals surface area contributed by atoms with E-state index in [1.54, 1.807) is 24.3 Å². The zero-order chi connectivity index (χ0) is 19.8. The predicted octanol–water partition coefficient (Wildman–Crippen LogP) is 3.18. The van der Waals surface area contributed by atoms with E-state index in [2.05, 4.69) is 0 Å². The highest BCUT2D eigenvalue weighted by atomic mass is 16.5. The predicted molar refractivity (Wildman–Crippen MR) is 101 cm³/mol. The Kier molecular flexibility index (Phi) is 7.25. The number of allylic oxidation sites excluding steroid dienone is 2. The van der Waals surface area contributed by atoms with Crippen molar-refractivity contribution < 1.29 is 30.0 Å². The van der Waals surface area contributed by atoms with Gasteiger partial charge in [-0.25, -0.2) is 0 Å². The van der Waals surface area contributed by atoms with Gasteiger partial charge in [-0.3, -0.25) is 4.79 Å². The Morgan fingerprint density at radius 2 is 1.63 bits per heavy atom. The molecule has 0 bridgehead atoms. The lowest BCUT2D eigenvalue weighted by Crippen LogP contribution is -2.00. The van der Waals surface area contributed by atoms with Gasteiger partial charge in [-0.1, -0.05) is 12.1 Å². The molecule has 0 aliphatic heterocycles. The van der Waals surface area contributed by atoms with Gasteiger partial charge >= 0.3 is 0 Å². The number of phenolic OH excluding ortho intramolecular Hbond substituents is 1. The number of aliphatic hydroxyl groups excluding tert-OH is 2. The molecule has 0 unspecified atom stereocenters. The molecule has 0 saturated carbocycles. The number of aromatic hydroxyl groups is 2. The lowest BCUT2D eigenvalue weighted by molar-refractivity contribution is -0.114. The maximum Gasteiger partial charge on any atom is 0.160 e. The average molecular weight is 372 g/mol. The summed E-state index contributed by atoms with van der Waals surface area (Å²) in [5.74, 6) is 0.225. The first-order chi connectivity index (χ1) is 12.9. The molecule has 0 aliphatic carbocycles. The van der Waals surface area contributed by atoms with Crippen LogP contribution in [0, 0.1) is 0 Å². The van der Waals surface area contributed by atoms with Crippen LogP contribution in [0.4, 0.5) is 0 Å². The number of carbonyl (C=O) groups is 1. The third-order valence-corrected chi connectivity index (χ3v) is 4.22. The summed E-state index contributed by atoms with van der Waals surface area (Å²) < 4.78 is 5.04. The first kappa shape index (κ1) is 20.3. The van der Waals surface area contributed by atoms with Crippen LogP contribution in [0.3, 0.4) is 0 Å². The molecule has 144 valence electrons. The van der Waals surface area contributed by atoms with E-state index in [4.69, 9.17) is 9.84 Å². The number of rotatable bonds is 9. The van der Waals surface area contributed by atoms with Gasteiger partial charge in [0.1, 0.15) is 5.75 Å². The average Bonchev–Trinajstić information content (AvgIpc) is 2.66. The number of hydrogen-bond acceptors (Lipinski definition) is 6. The van der Waals surface area contributed by atoms with E-state index in [0.29, 0.717) is 24.2 Å². The molecule has 4 N–H and O–H groups in total. The van der Waals surface area contributed by atoms with Crippen LogP contribution in [-0.4, -0.2) is 33.3 Å². The van der Waals surface area contributed by atoms with Gasteiger partial charge < -0.3 is 25.2 Å². The monoisotopic (exact) mass is 372 g/mol. The number of benzene rings is 2. The van der Waals surface area contributed by atoms with Crippen molar-refractivity contribution >= 4 is 5.78 Å². The van der Waals surface area contributed by atoms with Gasteiger partial charge in [-0.15, -0.1) is 0 Å². The van der Waals surface area contributed by atoms with Crippen LogP contribution in [0.1, 0.15) is 29.5 Å². The van der Waals surface area contributed by atoms with Gasteiger partial charge in [-0.05, 0) is 48.2 Å². The van der Waals surface area contributed by atoms with Gasteiger partial charge in [0.25, 0.3) is 0 Å². The molecule has 2 aromatic rings. The van der Waals surface area contributed by atoms with Crippen LogP contribution in [0.2, 0.25) is 0 Å². The van der Waals surface area contributed by atoms with E-state index >= 15 is 0 Å². The first-order valence-corrected chi connectivity index (χ1v) is 8.62. The minimum Gasteiger partial charge on any atom is -0.512 e. The molecule has 0 saturated heterocycles. The van der Waals surface area contributed by atoms with Gasteiger partial charge in [0.05, 0.1) is 19.5 Å². The second-order valence-electron chi connectivity index (χ2n) is 6.23. The van der Waals surface area contributed by atoms with Gasteiger partial charge in [0.15, 0.2) is 17.3 Å². The molecule has 0 aliphatic rings. The van der Waals surface area contributed by atoms with Crippen molar-refractivity contribution in [1.82, 2.24) is 0 Å². The Balaban J connectivity index is 1.87. The van der Waals surface area contributed by atoms with Crippen molar-refractivity contribution in [3.63, 3.8) is 0 Å². The molecular formula is C21H24O6. The smallest absolute Gasteiger partial charge is 0.160 e. The fourth-order valence-electron chi connectivity index (χ4n) is 2.67. The highest BCUT2D eigenvalue weighted by molar-refractivity contribution is 5.90. The summed E-state index contributed by atoms with van der Waals surface area (Å²) in [7, 11) is 1.46. The standard InChI is InChI=1S/C21H24O6/c1-27-21-11-15(5-9-20(21)26)3-7-18(24)12-17(23)6-2-14-4-8-19(25)16(10-14)13-22/h4-5,8-12,22-23,25-26H,2-3,6-7,13H2,1H3. The molecule has 0 amide bonds. The van der Waals surface area contributed by atoms with E-state index in [9.17, 15) is 20.1 Å². The van der Waals surface area contributed by atoms with Crippen LogP contribution >= 0.6 is 0 Å². The van der Waals surface area contributed by atoms with Crippen LogP contribution < -0.4 is 4.74 Å². The number of ether oxygens (including phenoxy) is 1. The number of ketones is 1. The number of aliphatic hydroxyl groups is 2. The molecule has 6 nitrogen and oxygen atoms in total. The summed E-state index contributed by atoms with van der Waals surface area (Å²) in [6.45, 7) is -0.262. The normalized spacial score (nSPS) is 11.4. The summed E-state index contributed by atoms with van der Waals surface area (Å²) in [5.41, 5.74) is 2.13. The summed E-state index contributed by atoms with van der Waals surface area (Å²) in [6.07, 6.45) is 2.69. The summed E-state index contributed by atoms with van der Waals surface area (Å²) in [4.78, 5) is 12.0. The second-order valence-corrected chi connectivity index (χ2v) is 6.23. The van der Waals surface area contributed by atoms with Crippen molar-refractivity contribution in [2.24, 2.45) is 0 Å². The molecule has 0 heterocycles. The van der Waals surface area contributed by atoms with Crippen molar-refractivity contribution in [1.29, 1.82) is 0 Å². The van der Waals surface area contributed by atoms with Crippen LogP contribution in [0.15, 0.2) is 48.2 Å². The van der Waals surface area contributed by atoms with Crippen molar-refractivity contribution in [2.75, 3.05) is 7.11 Å². The summed E-state index contributed by atoms with van der Waals surface area (Å²) >= 11 is 0. The fraction of sp³-hybridized carbons (Fsp3) is 0.286. The molecule has 0 aromatic heterocycles. The molecular weight excluding hydrogens is 348 g/mol. The first-order valence-electron chi connectivity index (χ1n) is 8.62. The highest BCUT2D eigenvalue weighted by Crippen LogP contribution is 2.26. The fourth-order valence-corrected chi connectivity index (χ4v) is 2.67. The minimum absolute atomic E-state index is 0.0121. The number of aryl methyl sites for hydroxylation is 2.